The minimum atomic E-state index is -0.174. The number of imidazole rings is 1. The maximum Gasteiger partial charge on any atom is 0.257 e. The first-order valence-electron chi connectivity index (χ1n) is 8.38. The van der Waals surface area contributed by atoms with E-state index in [9.17, 15) is 5.11 Å². The number of hydrogen-bond acceptors (Lipinski definition) is 2. The quantitative estimate of drug-likeness (QED) is 0.383. The van der Waals surface area contributed by atoms with Gasteiger partial charge in [0.25, 0.3) is 5.82 Å². The molecule has 4 rings (SSSR count). The molecular weight excluding hydrogens is 369 g/mol. The zero-order valence-electron chi connectivity index (χ0n) is 14.1. The Kier molecular flexibility index (Phi) is 5.64. The van der Waals surface area contributed by atoms with Gasteiger partial charge in [-0.15, -0.1) is 12.4 Å². The minimum absolute atomic E-state index is 0. The van der Waals surface area contributed by atoms with E-state index in [1.54, 1.807) is 24.3 Å². The third-order valence-electron chi connectivity index (χ3n) is 4.43. The largest absolute Gasteiger partial charge is 0.859 e. The van der Waals surface area contributed by atoms with Gasteiger partial charge in [-0.3, -0.25) is 4.99 Å². The van der Waals surface area contributed by atoms with Gasteiger partial charge in [-0.1, -0.05) is 48.0 Å². The molecule has 0 saturated carbocycles. The number of hydrogen-bond donors (Lipinski definition) is 0. The fourth-order valence-electron chi connectivity index (χ4n) is 3.36. The Morgan fingerprint density at radius 3 is 2.73 bits per heavy atom. The van der Waals surface area contributed by atoms with Crippen LogP contribution in [0.3, 0.4) is 0 Å². The lowest BCUT2D eigenvalue weighted by molar-refractivity contribution is -0.693. The number of nitrogens with zero attached hydrogens (tertiary/aromatic N) is 3. The minimum Gasteiger partial charge on any atom is -0.859 e. The van der Waals surface area contributed by atoms with Crippen LogP contribution in [-0.2, 0) is 19.5 Å². The van der Waals surface area contributed by atoms with Crippen molar-refractivity contribution in [1.29, 1.82) is 0 Å². The van der Waals surface area contributed by atoms with Gasteiger partial charge >= 0.3 is 0 Å². The maximum absolute atomic E-state index is 12.4. The van der Waals surface area contributed by atoms with Crippen molar-refractivity contribution in [2.45, 2.75) is 25.9 Å². The monoisotopic (exact) mass is 387 g/mol. The van der Waals surface area contributed by atoms with E-state index in [0.29, 0.717) is 10.7 Å². The number of rotatable bonds is 4. The lowest BCUT2D eigenvalue weighted by Crippen LogP contribution is -2.43. The van der Waals surface area contributed by atoms with Crippen LogP contribution in [0.5, 0.6) is 0 Å². The number of aromatic nitrogens is 2. The highest BCUT2D eigenvalue weighted by Crippen LogP contribution is 2.24. The summed E-state index contributed by atoms with van der Waals surface area (Å²) in [6, 6.07) is 17.3. The fraction of sp³-hybridized carbons (Fsp3) is 0.200. The molecule has 0 unspecified atom stereocenters. The van der Waals surface area contributed by atoms with Crippen LogP contribution >= 0.6 is 24.0 Å². The Labute approximate surface area is 163 Å². The van der Waals surface area contributed by atoms with Gasteiger partial charge in [0.1, 0.15) is 12.7 Å². The predicted molar refractivity (Wildman–Crippen MR) is 104 cm³/mol. The smallest absolute Gasteiger partial charge is 0.257 e. The van der Waals surface area contributed by atoms with Crippen LogP contribution in [0.4, 0.5) is 5.69 Å². The molecule has 0 aliphatic carbocycles. The number of aliphatic imine (C=N–C) groups is 1. The molecule has 2 heterocycles. The molecule has 0 spiro atoms. The molecule has 0 amide bonds. The van der Waals surface area contributed by atoms with Crippen LogP contribution in [0.25, 0.3) is 11.3 Å². The second kappa shape index (κ2) is 7.94. The normalized spacial score (nSPS) is 13.3. The summed E-state index contributed by atoms with van der Waals surface area (Å²) in [4.78, 5) is 4.17. The third kappa shape index (κ3) is 3.76. The standard InChI is InChI=1S/C20H18ClN3O.ClH/c21-16-8-4-9-17(12-16)22-19(25)14-23-13-18(15-6-2-1-3-7-15)24-11-5-10-20(23)24;/h1-4,6-9,12-13H,5,10-11,14H2;1H. The molecule has 0 N–H and O–H groups in total. The van der Waals surface area contributed by atoms with Gasteiger partial charge in [-0.05, 0) is 24.6 Å². The molecular formula is C20H19Cl2N3O. The van der Waals surface area contributed by atoms with Gasteiger partial charge in [0.2, 0.25) is 0 Å². The Hall–Kier alpha value is -2.30. The molecule has 1 aromatic heterocycles. The topological polar surface area (TPSA) is 44.2 Å². The molecule has 0 bridgehead atoms. The van der Waals surface area contributed by atoms with Crippen LogP contribution < -0.4 is 9.67 Å². The molecule has 2 aromatic carbocycles. The van der Waals surface area contributed by atoms with E-state index in [2.05, 4.69) is 27.9 Å². The zero-order chi connectivity index (χ0) is 17.2. The molecule has 0 fully saturated rings. The van der Waals surface area contributed by atoms with Crippen LogP contribution in [0.1, 0.15) is 12.2 Å². The summed E-state index contributed by atoms with van der Waals surface area (Å²) in [6.07, 6.45) is 4.15. The molecule has 0 atom stereocenters. The average molecular weight is 388 g/mol. The summed E-state index contributed by atoms with van der Waals surface area (Å²) in [6.45, 7) is 1.24. The summed E-state index contributed by atoms with van der Waals surface area (Å²) in [5.41, 5.74) is 2.92. The Morgan fingerprint density at radius 2 is 1.96 bits per heavy atom. The average Bonchev–Trinajstić information content (AvgIpc) is 3.19. The van der Waals surface area contributed by atoms with E-state index >= 15 is 0 Å². The van der Waals surface area contributed by atoms with Gasteiger partial charge in [0, 0.05) is 16.5 Å². The maximum atomic E-state index is 12.4. The van der Waals surface area contributed by atoms with Crippen molar-refractivity contribution >= 4 is 35.6 Å². The van der Waals surface area contributed by atoms with Crippen LogP contribution in [0.15, 0.2) is 65.8 Å². The van der Waals surface area contributed by atoms with E-state index in [1.807, 2.05) is 22.8 Å². The molecule has 134 valence electrons. The van der Waals surface area contributed by atoms with Gasteiger partial charge in [-0.2, -0.15) is 0 Å². The number of fused-ring (bicyclic) bond motifs is 1. The van der Waals surface area contributed by atoms with Crippen molar-refractivity contribution in [3.63, 3.8) is 0 Å². The van der Waals surface area contributed by atoms with E-state index in [-0.39, 0.29) is 24.8 Å². The highest BCUT2D eigenvalue weighted by Gasteiger charge is 2.28. The fourth-order valence-corrected chi connectivity index (χ4v) is 3.54. The Bertz CT molecular complexity index is 935. The Morgan fingerprint density at radius 1 is 1.15 bits per heavy atom. The van der Waals surface area contributed by atoms with Gasteiger partial charge < -0.3 is 5.11 Å². The van der Waals surface area contributed by atoms with Crippen molar-refractivity contribution in [2.75, 3.05) is 0 Å². The Balaban J connectivity index is 0.00000196. The number of halogens is 2. The molecule has 6 heteroatoms. The van der Waals surface area contributed by atoms with Crippen molar-refractivity contribution in [1.82, 2.24) is 4.57 Å². The molecule has 0 saturated heterocycles. The molecule has 0 radical (unpaired) electrons. The van der Waals surface area contributed by atoms with Crippen LogP contribution in [-0.4, -0.2) is 10.5 Å². The lowest BCUT2D eigenvalue weighted by atomic mass is 10.2. The van der Waals surface area contributed by atoms with E-state index < -0.39 is 0 Å². The summed E-state index contributed by atoms with van der Waals surface area (Å²) >= 11 is 5.96. The van der Waals surface area contributed by atoms with Crippen LogP contribution in [0, 0.1) is 0 Å². The van der Waals surface area contributed by atoms with Crippen LogP contribution in [0.2, 0.25) is 5.02 Å². The molecule has 3 aromatic rings. The third-order valence-corrected chi connectivity index (χ3v) is 4.67. The summed E-state index contributed by atoms with van der Waals surface area (Å²) in [5, 5.41) is 13.0. The van der Waals surface area contributed by atoms with E-state index in [4.69, 9.17) is 11.6 Å². The summed E-state index contributed by atoms with van der Waals surface area (Å²) < 4.78 is 4.34. The highest BCUT2D eigenvalue weighted by atomic mass is 35.5. The van der Waals surface area contributed by atoms with E-state index in [0.717, 1.165) is 25.1 Å². The van der Waals surface area contributed by atoms with E-state index in [1.165, 1.54) is 11.4 Å². The van der Waals surface area contributed by atoms with Gasteiger partial charge in [0.15, 0.2) is 5.69 Å². The first-order chi connectivity index (χ1) is 12.2. The van der Waals surface area contributed by atoms with Crippen molar-refractivity contribution in [2.24, 2.45) is 4.99 Å². The molecule has 26 heavy (non-hydrogen) atoms. The van der Waals surface area contributed by atoms with Crippen molar-refractivity contribution in [3.8, 4) is 11.3 Å². The van der Waals surface area contributed by atoms with Crippen molar-refractivity contribution in [3.05, 3.63) is 71.6 Å². The summed E-state index contributed by atoms with van der Waals surface area (Å²) in [7, 11) is 0. The predicted octanol–water partition coefficient (Wildman–Crippen LogP) is 3.55. The lowest BCUT2D eigenvalue weighted by Gasteiger charge is -2.09. The second-order valence-corrected chi connectivity index (χ2v) is 6.60. The zero-order valence-corrected chi connectivity index (χ0v) is 15.7. The molecule has 1 aliphatic rings. The first-order valence-corrected chi connectivity index (χ1v) is 8.76. The first kappa shape index (κ1) is 18.5. The van der Waals surface area contributed by atoms with Gasteiger partial charge in [-0.25, -0.2) is 9.13 Å². The molecule has 1 aliphatic heterocycles. The molecule has 4 nitrogen and oxygen atoms in total. The van der Waals surface area contributed by atoms with Crippen molar-refractivity contribution < 1.29 is 9.67 Å². The number of benzene rings is 2. The highest BCUT2D eigenvalue weighted by molar-refractivity contribution is 6.30. The second-order valence-electron chi connectivity index (χ2n) is 6.17. The summed E-state index contributed by atoms with van der Waals surface area (Å²) in [5.74, 6) is 1.01. The SMILES string of the molecule is Cl.[O-]C(C[n+]1cc(-c2ccccc2)n2c1CCC2)=Nc1cccc(Cl)c1. The van der Waals surface area contributed by atoms with Gasteiger partial charge in [0.05, 0.1) is 18.7 Å².